The van der Waals surface area contributed by atoms with Crippen LogP contribution in [-0.4, -0.2) is 6.54 Å². The van der Waals surface area contributed by atoms with Crippen molar-refractivity contribution in [1.29, 1.82) is 0 Å². The molecule has 0 rings (SSSR count). The summed E-state index contributed by atoms with van der Waals surface area (Å²) < 4.78 is 2.82. The van der Waals surface area contributed by atoms with Crippen LogP contribution in [0.25, 0.3) is 0 Å². The van der Waals surface area contributed by atoms with E-state index in [0.29, 0.717) is 0 Å². The van der Waals surface area contributed by atoms with E-state index in [0.717, 1.165) is 6.54 Å². The first kappa shape index (κ1) is 6.48. The maximum absolute atomic E-state index is 3.47. The Labute approximate surface area is 47.5 Å². The van der Waals surface area contributed by atoms with E-state index in [-0.39, 0.29) is 0 Å². The zero-order chi connectivity index (χ0) is 4.83. The third-order valence-corrected chi connectivity index (χ3v) is 0.895. The van der Waals surface area contributed by atoms with Gasteiger partial charge in [0.25, 0.3) is 0 Å². The Kier molecular flexibility index (Phi) is 5.92. The minimum atomic E-state index is 1.05. The van der Waals surface area contributed by atoms with Crippen LogP contribution in [0.1, 0.15) is 19.8 Å². The van der Waals surface area contributed by atoms with Crippen molar-refractivity contribution in [3.63, 3.8) is 0 Å². The molecule has 0 aliphatic carbocycles. The molecule has 0 spiro atoms. The number of unbranched alkanes of at least 4 members (excludes halogenated alkanes) is 1. The van der Waals surface area contributed by atoms with E-state index in [4.69, 9.17) is 0 Å². The summed E-state index contributed by atoms with van der Waals surface area (Å²) in [5.74, 6) is 0. The third-order valence-electron chi connectivity index (χ3n) is 0.619. The van der Waals surface area contributed by atoms with Gasteiger partial charge in [0, 0.05) is 0 Å². The van der Waals surface area contributed by atoms with Crippen LogP contribution in [-0.2, 0) is 16.2 Å². The molecule has 0 bridgehead atoms. The van der Waals surface area contributed by atoms with Crippen LogP contribution in [0.5, 0.6) is 0 Å². The Balaban J connectivity index is 2.34. The van der Waals surface area contributed by atoms with Gasteiger partial charge in [0.2, 0.25) is 0 Å². The molecule has 0 aliphatic rings. The molecule has 0 aromatic carbocycles. The Hall–Kier alpha value is 0.479. The van der Waals surface area contributed by atoms with Crippen molar-refractivity contribution in [1.82, 2.24) is 4.33 Å². The number of hydrogen-bond donors (Lipinski definition) is 1. The van der Waals surface area contributed by atoms with Crippen molar-refractivity contribution in [3.8, 4) is 0 Å². The topological polar surface area (TPSA) is 12.0 Å². The first-order valence-electron chi connectivity index (χ1n) is 2.24. The van der Waals surface area contributed by atoms with E-state index in [1.807, 2.05) is 0 Å². The molecule has 0 atom stereocenters. The van der Waals surface area contributed by atoms with Crippen LogP contribution in [0.4, 0.5) is 0 Å². The van der Waals surface area contributed by atoms with Crippen LogP contribution in [0, 0.1) is 0 Å². The first-order valence-corrected chi connectivity index (χ1v) is 2.79. The fourth-order valence-electron chi connectivity index (χ4n) is 0.239. The molecule has 0 saturated heterocycles. The SMILES string of the molecule is CCCC[NH][Fe]. The van der Waals surface area contributed by atoms with Gasteiger partial charge in [0.1, 0.15) is 0 Å². The van der Waals surface area contributed by atoms with Crippen molar-refractivity contribution in [3.05, 3.63) is 0 Å². The molecule has 1 N–H and O–H groups in total. The molecular formula is C4H10FeN. The molecule has 6 heavy (non-hydrogen) atoms. The molecule has 2 heteroatoms. The van der Waals surface area contributed by atoms with Gasteiger partial charge in [-0.3, -0.25) is 0 Å². The summed E-state index contributed by atoms with van der Waals surface area (Å²) in [6.45, 7) is 3.22. The van der Waals surface area contributed by atoms with E-state index in [1.165, 1.54) is 12.8 Å². The molecule has 0 saturated carbocycles. The van der Waals surface area contributed by atoms with E-state index < -0.39 is 0 Å². The van der Waals surface area contributed by atoms with Crippen LogP contribution >= 0.6 is 0 Å². The average molecular weight is 128 g/mol. The summed E-state index contributed by atoms with van der Waals surface area (Å²) in [6, 6.07) is 0. The summed E-state index contributed by atoms with van der Waals surface area (Å²) in [5.41, 5.74) is 0. The van der Waals surface area contributed by atoms with E-state index in [1.54, 1.807) is 0 Å². The van der Waals surface area contributed by atoms with Crippen molar-refractivity contribution in [2.75, 3.05) is 6.54 Å². The van der Waals surface area contributed by atoms with Gasteiger partial charge in [0.15, 0.2) is 0 Å². The second kappa shape index (κ2) is 5.48. The van der Waals surface area contributed by atoms with Gasteiger partial charge in [-0.2, -0.15) is 0 Å². The second-order valence-electron chi connectivity index (χ2n) is 1.23. The first-order chi connectivity index (χ1) is 2.91. The average Bonchev–Trinajstić information content (AvgIpc) is 1.61. The molecule has 0 amide bonds. The fraction of sp³-hybridized carbons (Fsp3) is 1.00. The second-order valence-corrected chi connectivity index (χ2v) is 1.62. The zero-order valence-corrected chi connectivity index (χ0v) is 5.08. The molecule has 0 radical (unpaired) electrons. The molecule has 0 heterocycles. The molecule has 0 fully saturated rings. The molecule has 0 aliphatic heterocycles. The van der Waals surface area contributed by atoms with Crippen molar-refractivity contribution < 1.29 is 16.2 Å². The monoisotopic (exact) mass is 128 g/mol. The maximum atomic E-state index is 3.47. The summed E-state index contributed by atoms with van der Waals surface area (Å²) in [6.07, 6.45) is 2.49. The van der Waals surface area contributed by atoms with E-state index in [2.05, 4.69) is 27.5 Å². The summed E-state index contributed by atoms with van der Waals surface area (Å²) in [7, 11) is 0. The Morgan fingerprint density at radius 2 is 2.33 bits per heavy atom. The van der Waals surface area contributed by atoms with E-state index >= 15 is 0 Å². The van der Waals surface area contributed by atoms with Crippen molar-refractivity contribution in [2.45, 2.75) is 19.8 Å². The van der Waals surface area contributed by atoms with E-state index in [9.17, 15) is 0 Å². The number of nitrogens with one attached hydrogen (secondary N) is 1. The standard InChI is InChI=1S/C4H10N.Fe/c1-2-3-4-5;/h5H,2-4H2,1H3;/q-1;+1. The minimum absolute atomic E-state index is 1.05. The molecule has 0 unspecified atom stereocenters. The Morgan fingerprint density at radius 1 is 1.67 bits per heavy atom. The van der Waals surface area contributed by atoms with Crippen LogP contribution < -0.4 is 4.33 Å². The predicted octanol–water partition coefficient (Wildman–Crippen LogP) is 0.838. The zero-order valence-electron chi connectivity index (χ0n) is 3.97. The van der Waals surface area contributed by atoms with Crippen LogP contribution in [0.2, 0.25) is 0 Å². The van der Waals surface area contributed by atoms with Gasteiger partial charge < -0.3 is 0 Å². The Bertz CT molecular complexity index is 19.5. The van der Waals surface area contributed by atoms with Crippen LogP contribution in [0.15, 0.2) is 0 Å². The predicted molar refractivity (Wildman–Crippen MR) is 22.9 cm³/mol. The number of hydrogen-bond acceptors (Lipinski definition) is 1. The van der Waals surface area contributed by atoms with Crippen molar-refractivity contribution >= 4 is 0 Å². The molecule has 0 aromatic rings. The van der Waals surface area contributed by atoms with Gasteiger partial charge in [-0.1, -0.05) is 0 Å². The fourth-order valence-corrected chi connectivity index (χ4v) is 0.434. The summed E-state index contributed by atoms with van der Waals surface area (Å²) >= 11 is 3.47. The van der Waals surface area contributed by atoms with Gasteiger partial charge >= 0.3 is 46.9 Å². The summed E-state index contributed by atoms with van der Waals surface area (Å²) in [5, 5.41) is 0. The van der Waals surface area contributed by atoms with Gasteiger partial charge in [-0.05, 0) is 0 Å². The Morgan fingerprint density at radius 3 is 2.50 bits per heavy atom. The normalized spacial score (nSPS) is 9.00. The molecular weight excluding hydrogens is 118 g/mol. The molecule has 1 nitrogen and oxygen atoms in total. The van der Waals surface area contributed by atoms with Gasteiger partial charge in [-0.15, -0.1) is 0 Å². The van der Waals surface area contributed by atoms with Gasteiger partial charge in [0.05, 0.1) is 0 Å². The van der Waals surface area contributed by atoms with Crippen LogP contribution in [0.3, 0.4) is 0 Å². The van der Waals surface area contributed by atoms with Gasteiger partial charge in [-0.25, -0.2) is 0 Å². The molecule has 39 valence electrons. The quantitative estimate of drug-likeness (QED) is 0.438. The molecule has 0 aromatic heterocycles. The van der Waals surface area contributed by atoms with Crippen molar-refractivity contribution in [2.24, 2.45) is 0 Å². The third kappa shape index (κ3) is 4.48. The summed E-state index contributed by atoms with van der Waals surface area (Å²) in [4.78, 5) is 0. The number of rotatable bonds is 3.